The van der Waals surface area contributed by atoms with Crippen molar-refractivity contribution < 1.29 is 8.78 Å². The number of hydrogen-bond acceptors (Lipinski definition) is 2. The molecule has 0 bridgehead atoms. The second-order valence-electron chi connectivity index (χ2n) is 5.04. The van der Waals surface area contributed by atoms with Crippen LogP contribution in [0.15, 0.2) is 24.5 Å². The van der Waals surface area contributed by atoms with Gasteiger partial charge in [-0.25, -0.2) is 13.5 Å². The summed E-state index contributed by atoms with van der Waals surface area (Å²) in [6.45, 7) is 5.35. The van der Waals surface area contributed by atoms with Gasteiger partial charge in [-0.05, 0) is 30.2 Å². The van der Waals surface area contributed by atoms with Crippen molar-refractivity contribution in [2.75, 3.05) is 6.54 Å². The van der Waals surface area contributed by atoms with Crippen molar-refractivity contribution in [1.29, 1.82) is 0 Å². The van der Waals surface area contributed by atoms with Gasteiger partial charge in [0.05, 0.1) is 11.2 Å². The highest BCUT2D eigenvalue weighted by molar-refractivity contribution is 6.30. The lowest BCUT2D eigenvalue weighted by Gasteiger charge is -2.10. The maximum atomic E-state index is 14.0. The molecule has 20 heavy (non-hydrogen) atoms. The summed E-state index contributed by atoms with van der Waals surface area (Å²) in [5, 5.41) is 7.28. The summed E-state index contributed by atoms with van der Waals surface area (Å²) >= 11 is 5.71. The van der Waals surface area contributed by atoms with Crippen LogP contribution in [-0.2, 0) is 6.54 Å². The Morgan fingerprint density at radius 2 is 1.95 bits per heavy atom. The average molecular weight is 300 g/mol. The molecule has 2 aromatic rings. The van der Waals surface area contributed by atoms with Crippen molar-refractivity contribution in [3.63, 3.8) is 0 Å². The topological polar surface area (TPSA) is 29.9 Å². The highest BCUT2D eigenvalue weighted by Gasteiger charge is 2.14. The van der Waals surface area contributed by atoms with Gasteiger partial charge < -0.3 is 5.32 Å². The number of aromatic nitrogens is 2. The van der Waals surface area contributed by atoms with Crippen molar-refractivity contribution in [2.45, 2.75) is 20.4 Å². The Morgan fingerprint density at radius 3 is 2.45 bits per heavy atom. The Morgan fingerprint density at radius 1 is 1.30 bits per heavy atom. The summed E-state index contributed by atoms with van der Waals surface area (Å²) in [4.78, 5) is 0. The minimum absolute atomic E-state index is 0.218. The average Bonchev–Trinajstić information content (AvgIpc) is 2.74. The second-order valence-corrected chi connectivity index (χ2v) is 5.47. The molecule has 0 fully saturated rings. The van der Waals surface area contributed by atoms with Gasteiger partial charge in [0.25, 0.3) is 0 Å². The van der Waals surface area contributed by atoms with E-state index in [9.17, 15) is 8.78 Å². The first-order chi connectivity index (χ1) is 9.47. The Balaban J connectivity index is 2.21. The molecule has 1 aromatic heterocycles. The maximum absolute atomic E-state index is 14.0. The zero-order chi connectivity index (χ0) is 14.7. The molecule has 0 unspecified atom stereocenters. The third kappa shape index (κ3) is 3.55. The van der Waals surface area contributed by atoms with Crippen molar-refractivity contribution in [3.8, 4) is 5.69 Å². The molecular weight excluding hydrogens is 284 g/mol. The molecule has 1 aromatic carbocycles. The number of benzene rings is 1. The molecule has 1 heterocycles. The van der Waals surface area contributed by atoms with E-state index in [1.807, 2.05) is 0 Å². The van der Waals surface area contributed by atoms with Crippen LogP contribution in [0.1, 0.15) is 19.4 Å². The smallest absolute Gasteiger partial charge is 0.152 e. The summed E-state index contributed by atoms with van der Waals surface area (Å²) < 4.78 is 29.1. The molecule has 0 aliphatic carbocycles. The van der Waals surface area contributed by atoms with Crippen LogP contribution in [0.2, 0.25) is 5.02 Å². The highest BCUT2D eigenvalue weighted by Crippen LogP contribution is 2.20. The van der Waals surface area contributed by atoms with Gasteiger partial charge in [-0.2, -0.15) is 5.10 Å². The Kier molecular flexibility index (Phi) is 4.73. The largest absolute Gasteiger partial charge is 0.312 e. The van der Waals surface area contributed by atoms with E-state index in [-0.39, 0.29) is 5.69 Å². The van der Waals surface area contributed by atoms with Crippen LogP contribution in [0, 0.1) is 17.6 Å². The fourth-order valence-electron chi connectivity index (χ4n) is 1.87. The Bertz CT molecular complexity index is 573. The highest BCUT2D eigenvalue weighted by atomic mass is 35.5. The van der Waals surface area contributed by atoms with E-state index in [4.69, 9.17) is 11.6 Å². The molecule has 0 radical (unpaired) electrons. The predicted octanol–water partition coefficient (Wildman–Crippen LogP) is 3.55. The fraction of sp³-hybridized carbons (Fsp3) is 0.357. The van der Waals surface area contributed by atoms with Gasteiger partial charge in [-0.15, -0.1) is 0 Å². The van der Waals surface area contributed by atoms with E-state index in [0.29, 0.717) is 23.0 Å². The number of rotatable bonds is 5. The van der Waals surface area contributed by atoms with Gasteiger partial charge >= 0.3 is 0 Å². The molecule has 0 saturated heterocycles. The third-order valence-corrected chi connectivity index (χ3v) is 2.93. The van der Waals surface area contributed by atoms with Crippen LogP contribution < -0.4 is 5.32 Å². The summed E-state index contributed by atoms with van der Waals surface area (Å²) in [5.74, 6) is -0.840. The standard InChI is InChI=1S/C14H16ClF2N3/c1-9(2)5-18-6-10-3-12(16)14(13(17)4-10)20-8-11(15)7-19-20/h3-4,7-9,18H,5-6H2,1-2H3. The van der Waals surface area contributed by atoms with Crippen molar-refractivity contribution in [1.82, 2.24) is 15.1 Å². The second kappa shape index (κ2) is 6.33. The summed E-state index contributed by atoms with van der Waals surface area (Å²) in [6, 6.07) is 2.61. The normalized spacial score (nSPS) is 11.3. The minimum atomic E-state index is -0.661. The quantitative estimate of drug-likeness (QED) is 0.915. The molecule has 0 aliphatic heterocycles. The molecule has 0 atom stereocenters. The summed E-state index contributed by atoms with van der Waals surface area (Å²) in [7, 11) is 0. The molecule has 1 N–H and O–H groups in total. The Hall–Kier alpha value is -1.46. The molecule has 108 valence electrons. The zero-order valence-electron chi connectivity index (χ0n) is 11.3. The van der Waals surface area contributed by atoms with E-state index in [0.717, 1.165) is 11.2 Å². The fourth-order valence-corrected chi connectivity index (χ4v) is 2.00. The molecule has 0 aliphatic rings. The number of nitrogens with zero attached hydrogens (tertiary/aromatic N) is 2. The van der Waals surface area contributed by atoms with Crippen LogP contribution in [0.5, 0.6) is 0 Å². The maximum Gasteiger partial charge on any atom is 0.152 e. The predicted molar refractivity (Wildman–Crippen MR) is 75.0 cm³/mol. The lowest BCUT2D eigenvalue weighted by molar-refractivity contribution is 0.537. The molecule has 6 heteroatoms. The van der Waals surface area contributed by atoms with Gasteiger partial charge in [0.2, 0.25) is 0 Å². The SMILES string of the molecule is CC(C)CNCc1cc(F)c(-n2cc(Cl)cn2)c(F)c1. The Labute approximate surface area is 121 Å². The van der Waals surface area contributed by atoms with E-state index < -0.39 is 11.6 Å². The van der Waals surface area contributed by atoms with Gasteiger partial charge in [0.1, 0.15) is 5.69 Å². The molecular formula is C14H16ClF2N3. The van der Waals surface area contributed by atoms with E-state index in [2.05, 4.69) is 24.3 Å². The van der Waals surface area contributed by atoms with Crippen molar-refractivity contribution in [3.05, 3.63) is 46.7 Å². The lowest BCUT2D eigenvalue weighted by atomic mass is 10.1. The first-order valence-corrected chi connectivity index (χ1v) is 6.74. The van der Waals surface area contributed by atoms with Crippen molar-refractivity contribution >= 4 is 11.6 Å². The molecule has 2 rings (SSSR count). The van der Waals surface area contributed by atoms with Crippen molar-refractivity contribution in [2.24, 2.45) is 5.92 Å². The molecule has 3 nitrogen and oxygen atoms in total. The third-order valence-electron chi connectivity index (χ3n) is 2.74. The molecule has 0 amide bonds. The summed E-state index contributed by atoms with van der Waals surface area (Å²) in [5.41, 5.74) is 0.340. The molecule has 0 saturated carbocycles. The van der Waals surface area contributed by atoms with Gasteiger partial charge in [0.15, 0.2) is 11.6 Å². The van der Waals surface area contributed by atoms with Crippen LogP contribution in [0.25, 0.3) is 5.69 Å². The van der Waals surface area contributed by atoms with Crippen LogP contribution in [-0.4, -0.2) is 16.3 Å². The van der Waals surface area contributed by atoms with Gasteiger partial charge in [-0.1, -0.05) is 25.4 Å². The minimum Gasteiger partial charge on any atom is -0.312 e. The van der Waals surface area contributed by atoms with E-state index in [1.165, 1.54) is 24.5 Å². The first kappa shape index (κ1) is 14.9. The summed E-state index contributed by atoms with van der Waals surface area (Å²) in [6.07, 6.45) is 2.69. The lowest BCUT2D eigenvalue weighted by Crippen LogP contribution is -2.19. The zero-order valence-corrected chi connectivity index (χ0v) is 12.1. The molecule has 0 spiro atoms. The number of halogens is 3. The van der Waals surface area contributed by atoms with Gasteiger partial charge in [-0.3, -0.25) is 0 Å². The number of nitrogens with one attached hydrogen (secondary N) is 1. The van der Waals surface area contributed by atoms with Crippen LogP contribution in [0.4, 0.5) is 8.78 Å². The van der Waals surface area contributed by atoms with Crippen LogP contribution >= 0.6 is 11.6 Å². The van der Waals surface area contributed by atoms with Crippen LogP contribution in [0.3, 0.4) is 0 Å². The van der Waals surface area contributed by atoms with E-state index >= 15 is 0 Å². The number of hydrogen-bond donors (Lipinski definition) is 1. The van der Waals surface area contributed by atoms with E-state index in [1.54, 1.807) is 0 Å². The van der Waals surface area contributed by atoms with Gasteiger partial charge in [0, 0.05) is 12.7 Å². The monoisotopic (exact) mass is 299 g/mol. The first-order valence-electron chi connectivity index (χ1n) is 6.36.